The molecule has 1 heteroatoms. The van der Waals surface area contributed by atoms with Gasteiger partial charge in [0.1, 0.15) is 0 Å². The average Bonchev–Trinajstić information content (AvgIpc) is 2.41. The largest absolute Gasteiger partial charge is 0.316 e. The first-order chi connectivity index (χ1) is 9.21. The SMILES string of the molecule is CCCNCC1CCC(CCC)CC1CC(C)CC. The van der Waals surface area contributed by atoms with Crippen molar-refractivity contribution in [1.82, 2.24) is 5.32 Å². The van der Waals surface area contributed by atoms with Crippen LogP contribution in [0.2, 0.25) is 0 Å². The lowest BCUT2D eigenvalue weighted by Gasteiger charge is -2.38. The fourth-order valence-corrected chi connectivity index (χ4v) is 3.80. The Balaban J connectivity index is 2.46. The van der Waals surface area contributed by atoms with Gasteiger partial charge in [0, 0.05) is 0 Å². The van der Waals surface area contributed by atoms with Gasteiger partial charge in [0.15, 0.2) is 0 Å². The molecule has 4 unspecified atom stereocenters. The summed E-state index contributed by atoms with van der Waals surface area (Å²) in [7, 11) is 0. The van der Waals surface area contributed by atoms with Crippen LogP contribution in [0.4, 0.5) is 0 Å². The molecule has 0 aliphatic heterocycles. The van der Waals surface area contributed by atoms with Crippen molar-refractivity contribution in [2.75, 3.05) is 13.1 Å². The molecule has 0 bridgehead atoms. The van der Waals surface area contributed by atoms with Crippen molar-refractivity contribution in [1.29, 1.82) is 0 Å². The third kappa shape index (κ3) is 6.29. The quantitative estimate of drug-likeness (QED) is 0.562. The third-order valence-electron chi connectivity index (χ3n) is 5.18. The Morgan fingerprint density at radius 3 is 2.47 bits per heavy atom. The van der Waals surface area contributed by atoms with Gasteiger partial charge in [0.25, 0.3) is 0 Å². The van der Waals surface area contributed by atoms with Gasteiger partial charge in [-0.2, -0.15) is 0 Å². The highest BCUT2D eigenvalue weighted by Gasteiger charge is 2.30. The lowest BCUT2D eigenvalue weighted by atomic mass is 9.69. The Morgan fingerprint density at radius 2 is 1.84 bits per heavy atom. The van der Waals surface area contributed by atoms with Gasteiger partial charge >= 0.3 is 0 Å². The molecule has 1 rings (SSSR count). The Labute approximate surface area is 121 Å². The Kier molecular flexibility index (Phi) is 8.77. The molecule has 1 aliphatic carbocycles. The van der Waals surface area contributed by atoms with E-state index in [9.17, 15) is 0 Å². The van der Waals surface area contributed by atoms with Crippen LogP contribution in [0.1, 0.15) is 79.1 Å². The Bertz CT molecular complexity index is 214. The van der Waals surface area contributed by atoms with Crippen LogP contribution in [0.3, 0.4) is 0 Å². The summed E-state index contributed by atoms with van der Waals surface area (Å²) in [5.41, 5.74) is 0. The van der Waals surface area contributed by atoms with Crippen molar-refractivity contribution in [2.24, 2.45) is 23.7 Å². The minimum absolute atomic E-state index is 0.916. The Morgan fingerprint density at radius 1 is 1.05 bits per heavy atom. The van der Waals surface area contributed by atoms with Gasteiger partial charge in [0.05, 0.1) is 0 Å². The molecule has 0 radical (unpaired) electrons. The summed E-state index contributed by atoms with van der Waals surface area (Å²) in [6.45, 7) is 11.9. The van der Waals surface area contributed by atoms with E-state index in [-0.39, 0.29) is 0 Å². The highest BCUT2D eigenvalue weighted by Crippen LogP contribution is 2.39. The molecule has 0 spiro atoms. The molecule has 0 saturated heterocycles. The van der Waals surface area contributed by atoms with Crippen LogP contribution in [0.15, 0.2) is 0 Å². The third-order valence-corrected chi connectivity index (χ3v) is 5.18. The smallest absolute Gasteiger partial charge is 0.00179 e. The molecule has 0 aromatic carbocycles. The van der Waals surface area contributed by atoms with Gasteiger partial charge in [-0.25, -0.2) is 0 Å². The fourth-order valence-electron chi connectivity index (χ4n) is 3.80. The maximum absolute atomic E-state index is 3.67. The second-order valence-corrected chi connectivity index (χ2v) is 6.94. The first-order valence-electron chi connectivity index (χ1n) is 8.91. The molecule has 0 heterocycles. The van der Waals surface area contributed by atoms with E-state index in [2.05, 4.69) is 33.0 Å². The van der Waals surface area contributed by atoms with E-state index >= 15 is 0 Å². The summed E-state index contributed by atoms with van der Waals surface area (Å²) in [6.07, 6.45) is 11.4. The minimum atomic E-state index is 0.916. The molecule has 114 valence electrons. The molecule has 4 atom stereocenters. The second-order valence-electron chi connectivity index (χ2n) is 6.94. The number of nitrogens with one attached hydrogen (secondary N) is 1. The molecule has 1 aliphatic rings. The number of hydrogen-bond donors (Lipinski definition) is 1. The van der Waals surface area contributed by atoms with E-state index in [4.69, 9.17) is 0 Å². The van der Waals surface area contributed by atoms with E-state index < -0.39 is 0 Å². The van der Waals surface area contributed by atoms with Crippen LogP contribution in [-0.4, -0.2) is 13.1 Å². The van der Waals surface area contributed by atoms with E-state index in [0.717, 1.165) is 23.7 Å². The van der Waals surface area contributed by atoms with Crippen LogP contribution in [-0.2, 0) is 0 Å². The van der Waals surface area contributed by atoms with Crippen molar-refractivity contribution in [2.45, 2.75) is 79.1 Å². The summed E-state index contributed by atoms with van der Waals surface area (Å²) in [4.78, 5) is 0. The van der Waals surface area contributed by atoms with Crippen molar-refractivity contribution < 1.29 is 0 Å². The van der Waals surface area contributed by atoms with E-state index in [1.807, 2.05) is 0 Å². The zero-order valence-corrected chi connectivity index (χ0v) is 13.9. The molecular formula is C18H37N. The second kappa shape index (κ2) is 9.80. The lowest BCUT2D eigenvalue weighted by molar-refractivity contribution is 0.143. The molecule has 0 aromatic rings. The molecule has 19 heavy (non-hydrogen) atoms. The lowest BCUT2D eigenvalue weighted by Crippen LogP contribution is -2.34. The van der Waals surface area contributed by atoms with Crippen molar-refractivity contribution >= 4 is 0 Å². The van der Waals surface area contributed by atoms with Crippen molar-refractivity contribution in [3.8, 4) is 0 Å². The summed E-state index contributed by atoms with van der Waals surface area (Å²) in [5.74, 6) is 3.89. The summed E-state index contributed by atoms with van der Waals surface area (Å²) in [6, 6.07) is 0. The maximum Gasteiger partial charge on any atom is -0.00179 e. The highest BCUT2D eigenvalue weighted by atomic mass is 14.9. The van der Waals surface area contributed by atoms with Gasteiger partial charge in [-0.05, 0) is 62.4 Å². The predicted molar refractivity (Wildman–Crippen MR) is 86.5 cm³/mol. The van der Waals surface area contributed by atoms with E-state index in [1.54, 1.807) is 0 Å². The van der Waals surface area contributed by atoms with Crippen LogP contribution >= 0.6 is 0 Å². The maximum atomic E-state index is 3.67. The average molecular weight is 268 g/mol. The van der Waals surface area contributed by atoms with Gasteiger partial charge in [-0.3, -0.25) is 0 Å². The Hall–Kier alpha value is -0.0400. The van der Waals surface area contributed by atoms with Crippen LogP contribution in [0.25, 0.3) is 0 Å². The van der Waals surface area contributed by atoms with E-state index in [0.29, 0.717) is 0 Å². The normalized spacial score (nSPS) is 29.4. The fraction of sp³-hybridized carbons (Fsp3) is 1.00. The van der Waals surface area contributed by atoms with Gasteiger partial charge in [-0.1, -0.05) is 53.4 Å². The molecule has 1 saturated carbocycles. The van der Waals surface area contributed by atoms with Crippen molar-refractivity contribution in [3.63, 3.8) is 0 Å². The zero-order chi connectivity index (χ0) is 14.1. The van der Waals surface area contributed by atoms with E-state index in [1.165, 1.54) is 64.5 Å². The molecule has 0 amide bonds. The van der Waals surface area contributed by atoms with Crippen LogP contribution in [0, 0.1) is 23.7 Å². The minimum Gasteiger partial charge on any atom is -0.316 e. The monoisotopic (exact) mass is 267 g/mol. The topological polar surface area (TPSA) is 12.0 Å². The summed E-state index contributed by atoms with van der Waals surface area (Å²) < 4.78 is 0. The first-order valence-corrected chi connectivity index (χ1v) is 8.91. The van der Waals surface area contributed by atoms with Gasteiger partial charge in [0.2, 0.25) is 0 Å². The van der Waals surface area contributed by atoms with Crippen molar-refractivity contribution in [3.05, 3.63) is 0 Å². The highest BCUT2D eigenvalue weighted by molar-refractivity contribution is 4.82. The molecule has 1 fully saturated rings. The number of hydrogen-bond acceptors (Lipinski definition) is 1. The predicted octanol–water partition coefficient (Wildman–Crippen LogP) is 5.25. The van der Waals surface area contributed by atoms with Crippen LogP contribution < -0.4 is 5.32 Å². The molecular weight excluding hydrogens is 230 g/mol. The summed E-state index contributed by atoms with van der Waals surface area (Å²) in [5, 5.41) is 3.67. The summed E-state index contributed by atoms with van der Waals surface area (Å²) >= 11 is 0. The standard InChI is InChI=1S/C18H37N/c1-5-8-16-9-10-17(14-19-11-6-2)18(13-16)12-15(4)7-3/h15-19H,5-14H2,1-4H3. The number of rotatable bonds is 9. The zero-order valence-electron chi connectivity index (χ0n) is 13.9. The van der Waals surface area contributed by atoms with Gasteiger partial charge in [-0.15, -0.1) is 0 Å². The van der Waals surface area contributed by atoms with Gasteiger partial charge < -0.3 is 5.32 Å². The molecule has 1 nitrogen and oxygen atoms in total. The molecule has 1 N–H and O–H groups in total. The van der Waals surface area contributed by atoms with Crippen LogP contribution in [0.5, 0.6) is 0 Å². The first kappa shape index (κ1) is 17.0. The molecule has 0 aromatic heterocycles.